The summed E-state index contributed by atoms with van der Waals surface area (Å²) in [6.45, 7) is 1.94. The van der Waals surface area contributed by atoms with Gasteiger partial charge in [0.2, 0.25) is 0 Å². The van der Waals surface area contributed by atoms with Crippen LogP contribution in [-0.2, 0) is 11.2 Å². The fourth-order valence-corrected chi connectivity index (χ4v) is 2.28. The second-order valence-corrected chi connectivity index (χ2v) is 4.69. The molecule has 0 amide bonds. The second kappa shape index (κ2) is 6.16. The number of ether oxygens (including phenoxy) is 1. The highest BCUT2D eigenvalue weighted by atomic mass is 19.1. The number of hydrogen-bond acceptors (Lipinski definition) is 3. The molecule has 1 aliphatic rings. The number of hydrogen-bond donors (Lipinski definition) is 1. The molecule has 1 saturated carbocycles. The molecule has 1 fully saturated rings. The van der Waals surface area contributed by atoms with Gasteiger partial charge in [0.05, 0.1) is 6.61 Å². The monoisotopic (exact) mass is 252 g/mol. The predicted octanol–water partition coefficient (Wildman–Crippen LogP) is 1.94. The van der Waals surface area contributed by atoms with Crippen molar-refractivity contribution < 1.29 is 9.13 Å². The number of benzene rings is 1. The van der Waals surface area contributed by atoms with Gasteiger partial charge in [-0.3, -0.25) is 0 Å². The minimum Gasteiger partial charge on any atom is -0.383 e. The van der Waals surface area contributed by atoms with Crippen LogP contribution in [0.5, 0.6) is 0 Å². The summed E-state index contributed by atoms with van der Waals surface area (Å²) < 4.78 is 19.0. The molecular weight excluding hydrogens is 231 g/mol. The van der Waals surface area contributed by atoms with Crippen molar-refractivity contribution in [2.24, 2.45) is 5.73 Å². The van der Waals surface area contributed by atoms with E-state index in [1.165, 1.54) is 18.9 Å². The third-order valence-electron chi connectivity index (χ3n) is 3.32. The predicted molar refractivity (Wildman–Crippen MR) is 71.4 cm³/mol. The van der Waals surface area contributed by atoms with Crippen LogP contribution in [0.15, 0.2) is 18.2 Å². The SMILES string of the molecule is COCCN(c1cccc(F)c1CCN)C1CC1. The number of nitrogens with zero attached hydrogens (tertiary/aromatic N) is 1. The first-order chi connectivity index (χ1) is 8.77. The van der Waals surface area contributed by atoms with Crippen LogP contribution >= 0.6 is 0 Å². The van der Waals surface area contributed by atoms with Gasteiger partial charge in [-0.25, -0.2) is 4.39 Å². The summed E-state index contributed by atoms with van der Waals surface area (Å²) in [5, 5.41) is 0. The van der Waals surface area contributed by atoms with E-state index in [0.29, 0.717) is 25.6 Å². The summed E-state index contributed by atoms with van der Waals surface area (Å²) in [5.74, 6) is -0.152. The van der Waals surface area contributed by atoms with Gasteiger partial charge in [-0.1, -0.05) is 6.07 Å². The molecule has 0 heterocycles. The molecule has 100 valence electrons. The molecule has 4 heteroatoms. The Balaban J connectivity index is 2.25. The van der Waals surface area contributed by atoms with E-state index in [4.69, 9.17) is 10.5 Å². The fraction of sp³-hybridized carbons (Fsp3) is 0.571. The van der Waals surface area contributed by atoms with Crippen molar-refractivity contribution >= 4 is 5.69 Å². The zero-order chi connectivity index (χ0) is 13.0. The van der Waals surface area contributed by atoms with Gasteiger partial charge in [-0.15, -0.1) is 0 Å². The summed E-state index contributed by atoms with van der Waals surface area (Å²) >= 11 is 0. The smallest absolute Gasteiger partial charge is 0.128 e. The summed E-state index contributed by atoms with van der Waals surface area (Å²) in [7, 11) is 1.69. The van der Waals surface area contributed by atoms with Gasteiger partial charge in [-0.05, 0) is 37.9 Å². The van der Waals surface area contributed by atoms with Crippen molar-refractivity contribution in [2.45, 2.75) is 25.3 Å². The van der Waals surface area contributed by atoms with Gasteiger partial charge in [0.1, 0.15) is 5.82 Å². The van der Waals surface area contributed by atoms with Crippen LogP contribution in [0.3, 0.4) is 0 Å². The van der Waals surface area contributed by atoms with Crippen LogP contribution in [-0.4, -0.2) is 32.8 Å². The molecule has 0 aromatic heterocycles. The number of halogens is 1. The summed E-state index contributed by atoms with van der Waals surface area (Å²) in [5.41, 5.74) is 7.31. The first kappa shape index (κ1) is 13.3. The zero-order valence-corrected chi connectivity index (χ0v) is 10.9. The van der Waals surface area contributed by atoms with Crippen molar-refractivity contribution in [3.05, 3.63) is 29.6 Å². The first-order valence-corrected chi connectivity index (χ1v) is 6.51. The van der Waals surface area contributed by atoms with Gasteiger partial charge in [0, 0.05) is 30.9 Å². The van der Waals surface area contributed by atoms with E-state index in [1.54, 1.807) is 13.2 Å². The average molecular weight is 252 g/mol. The van der Waals surface area contributed by atoms with E-state index in [-0.39, 0.29) is 5.82 Å². The quantitative estimate of drug-likeness (QED) is 0.806. The van der Waals surface area contributed by atoms with Crippen LogP contribution in [0.25, 0.3) is 0 Å². The lowest BCUT2D eigenvalue weighted by Gasteiger charge is -2.27. The largest absolute Gasteiger partial charge is 0.383 e. The molecular formula is C14H21FN2O. The van der Waals surface area contributed by atoms with E-state index in [9.17, 15) is 4.39 Å². The number of anilines is 1. The van der Waals surface area contributed by atoms with E-state index in [0.717, 1.165) is 17.8 Å². The van der Waals surface area contributed by atoms with Crippen molar-refractivity contribution in [3.8, 4) is 0 Å². The van der Waals surface area contributed by atoms with E-state index in [1.807, 2.05) is 6.07 Å². The molecule has 18 heavy (non-hydrogen) atoms. The summed E-state index contributed by atoms with van der Waals surface area (Å²) in [4.78, 5) is 2.26. The molecule has 0 aliphatic heterocycles. The molecule has 2 N–H and O–H groups in total. The zero-order valence-electron chi connectivity index (χ0n) is 10.9. The third kappa shape index (κ3) is 3.00. The molecule has 1 aromatic carbocycles. The van der Waals surface area contributed by atoms with Crippen molar-refractivity contribution in [2.75, 3.05) is 31.7 Å². The minimum absolute atomic E-state index is 0.152. The van der Waals surface area contributed by atoms with Crippen molar-refractivity contribution in [1.82, 2.24) is 0 Å². The average Bonchev–Trinajstić information content (AvgIpc) is 3.18. The molecule has 0 radical (unpaired) electrons. The Labute approximate surface area is 108 Å². The Morgan fingerprint density at radius 3 is 2.83 bits per heavy atom. The lowest BCUT2D eigenvalue weighted by molar-refractivity contribution is 0.205. The molecule has 2 rings (SSSR count). The van der Waals surface area contributed by atoms with Gasteiger partial charge in [-0.2, -0.15) is 0 Å². The summed E-state index contributed by atoms with van der Waals surface area (Å²) in [6, 6.07) is 5.81. The molecule has 1 aliphatic carbocycles. The highest BCUT2D eigenvalue weighted by Gasteiger charge is 2.30. The highest BCUT2D eigenvalue weighted by molar-refractivity contribution is 5.56. The Kier molecular flexibility index (Phi) is 4.55. The van der Waals surface area contributed by atoms with Crippen LogP contribution in [0.2, 0.25) is 0 Å². The Hall–Kier alpha value is -1.13. The van der Waals surface area contributed by atoms with Gasteiger partial charge in [0.15, 0.2) is 0 Å². The van der Waals surface area contributed by atoms with Crippen LogP contribution in [0.1, 0.15) is 18.4 Å². The standard InChI is InChI=1S/C14H21FN2O/c1-18-10-9-17(11-5-6-11)14-4-2-3-13(15)12(14)7-8-16/h2-4,11H,5-10,16H2,1H3. The molecule has 0 saturated heterocycles. The van der Waals surface area contributed by atoms with Gasteiger partial charge < -0.3 is 15.4 Å². The molecule has 0 atom stereocenters. The van der Waals surface area contributed by atoms with Gasteiger partial charge >= 0.3 is 0 Å². The lowest BCUT2D eigenvalue weighted by atomic mass is 10.1. The minimum atomic E-state index is -0.152. The fourth-order valence-electron chi connectivity index (χ4n) is 2.28. The normalized spacial score (nSPS) is 14.8. The lowest BCUT2D eigenvalue weighted by Crippen LogP contribution is -2.30. The van der Waals surface area contributed by atoms with Crippen LogP contribution < -0.4 is 10.6 Å². The molecule has 3 nitrogen and oxygen atoms in total. The maximum atomic E-state index is 13.9. The number of methoxy groups -OCH3 is 1. The Morgan fingerprint density at radius 1 is 1.44 bits per heavy atom. The maximum Gasteiger partial charge on any atom is 0.128 e. The highest BCUT2D eigenvalue weighted by Crippen LogP contribution is 2.34. The summed E-state index contributed by atoms with van der Waals surface area (Å²) in [6.07, 6.45) is 2.95. The van der Waals surface area contributed by atoms with Crippen LogP contribution in [0, 0.1) is 5.82 Å². The molecule has 0 bridgehead atoms. The molecule has 0 unspecified atom stereocenters. The number of nitrogens with two attached hydrogens (primary N) is 1. The maximum absolute atomic E-state index is 13.9. The van der Waals surface area contributed by atoms with E-state index < -0.39 is 0 Å². The molecule has 0 spiro atoms. The van der Waals surface area contributed by atoms with Gasteiger partial charge in [0.25, 0.3) is 0 Å². The topological polar surface area (TPSA) is 38.5 Å². The Morgan fingerprint density at radius 2 is 2.22 bits per heavy atom. The molecule has 1 aromatic rings. The Bertz CT molecular complexity index is 393. The second-order valence-electron chi connectivity index (χ2n) is 4.69. The van der Waals surface area contributed by atoms with E-state index in [2.05, 4.69) is 4.90 Å². The van der Waals surface area contributed by atoms with Crippen molar-refractivity contribution in [3.63, 3.8) is 0 Å². The van der Waals surface area contributed by atoms with Crippen molar-refractivity contribution in [1.29, 1.82) is 0 Å². The third-order valence-corrected chi connectivity index (χ3v) is 3.32. The number of rotatable bonds is 7. The first-order valence-electron chi connectivity index (χ1n) is 6.51. The van der Waals surface area contributed by atoms with Crippen LogP contribution in [0.4, 0.5) is 10.1 Å². The van der Waals surface area contributed by atoms with E-state index >= 15 is 0 Å².